The van der Waals surface area contributed by atoms with Gasteiger partial charge in [-0.05, 0) is 36.0 Å². The molecular formula is C14H28. The van der Waals surface area contributed by atoms with Gasteiger partial charge in [-0.3, -0.25) is 0 Å². The van der Waals surface area contributed by atoms with E-state index in [0.717, 1.165) is 29.6 Å². The van der Waals surface area contributed by atoms with Crippen molar-refractivity contribution in [3.05, 3.63) is 0 Å². The van der Waals surface area contributed by atoms with E-state index < -0.39 is 0 Å². The molecule has 1 aliphatic carbocycles. The smallest absolute Gasteiger partial charge is 0.0365 e. The second kappa shape index (κ2) is 5.19. The first-order valence-corrected chi connectivity index (χ1v) is 6.52. The van der Waals surface area contributed by atoms with Gasteiger partial charge in [-0.15, -0.1) is 0 Å². The standard InChI is InChI=1S/C14H28/c1-10(2)14-9-8-12(4)11(3)6-7-13(14)5/h10-14H,6-9H2,1-5H3. The zero-order chi connectivity index (χ0) is 10.7. The van der Waals surface area contributed by atoms with Crippen LogP contribution in [0.15, 0.2) is 0 Å². The van der Waals surface area contributed by atoms with Crippen LogP contribution in [0.5, 0.6) is 0 Å². The van der Waals surface area contributed by atoms with Gasteiger partial charge in [0.25, 0.3) is 0 Å². The van der Waals surface area contributed by atoms with Crippen molar-refractivity contribution < 1.29 is 0 Å². The maximum Gasteiger partial charge on any atom is -0.0365 e. The van der Waals surface area contributed by atoms with Gasteiger partial charge in [-0.1, -0.05) is 53.9 Å². The van der Waals surface area contributed by atoms with Crippen molar-refractivity contribution in [2.45, 2.75) is 60.3 Å². The highest BCUT2D eigenvalue weighted by atomic mass is 14.3. The van der Waals surface area contributed by atoms with Gasteiger partial charge in [0.2, 0.25) is 0 Å². The second-order valence-corrected chi connectivity index (χ2v) is 5.99. The summed E-state index contributed by atoms with van der Waals surface area (Å²) in [5.41, 5.74) is 0. The molecule has 0 aromatic heterocycles. The molecule has 4 atom stereocenters. The summed E-state index contributed by atoms with van der Waals surface area (Å²) in [6.45, 7) is 12.1. The summed E-state index contributed by atoms with van der Waals surface area (Å²) in [5, 5.41) is 0. The molecule has 1 saturated carbocycles. The SMILES string of the molecule is CC(C)C1CCC(C)C(C)CCC1C. The summed E-state index contributed by atoms with van der Waals surface area (Å²) in [4.78, 5) is 0. The van der Waals surface area contributed by atoms with Crippen LogP contribution in [0, 0.1) is 29.6 Å². The number of rotatable bonds is 1. The first-order chi connectivity index (χ1) is 6.52. The predicted molar refractivity (Wildman–Crippen MR) is 64.3 cm³/mol. The summed E-state index contributed by atoms with van der Waals surface area (Å²) in [6, 6.07) is 0. The quantitative estimate of drug-likeness (QED) is 0.568. The van der Waals surface area contributed by atoms with Gasteiger partial charge in [0, 0.05) is 0 Å². The minimum Gasteiger partial charge on any atom is -0.0625 e. The molecule has 0 aromatic carbocycles. The lowest BCUT2D eigenvalue weighted by molar-refractivity contribution is 0.170. The fourth-order valence-corrected chi connectivity index (χ4v) is 3.04. The van der Waals surface area contributed by atoms with Gasteiger partial charge in [-0.25, -0.2) is 0 Å². The van der Waals surface area contributed by atoms with Crippen LogP contribution in [0.25, 0.3) is 0 Å². The van der Waals surface area contributed by atoms with E-state index in [9.17, 15) is 0 Å². The van der Waals surface area contributed by atoms with Gasteiger partial charge in [0.1, 0.15) is 0 Å². The molecule has 14 heavy (non-hydrogen) atoms. The Morgan fingerprint density at radius 2 is 1.14 bits per heavy atom. The highest BCUT2D eigenvalue weighted by Crippen LogP contribution is 2.36. The van der Waals surface area contributed by atoms with E-state index in [1.54, 1.807) is 0 Å². The van der Waals surface area contributed by atoms with Crippen LogP contribution in [0.1, 0.15) is 60.3 Å². The minimum atomic E-state index is 0.880. The van der Waals surface area contributed by atoms with Crippen LogP contribution in [-0.2, 0) is 0 Å². The summed E-state index contributed by atoms with van der Waals surface area (Å²) in [7, 11) is 0. The molecule has 0 nitrogen and oxygen atoms in total. The number of hydrogen-bond donors (Lipinski definition) is 0. The molecule has 0 heteroatoms. The van der Waals surface area contributed by atoms with Crippen LogP contribution < -0.4 is 0 Å². The molecule has 0 N–H and O–H groups in total. The topological polar surface area (TPSA) is 0 Å². The molecule has 0 aliphatic heterocycles. The molecule has 1 aliphatic rings. The normalized spacial score (nSPS) is 40.7. The summed E-state index contributed by atoms with van der Waals surface area (Å²) in [6.07, 6.45) is 5.82. The summed E-state index contributed by atoms with van der Waals surface area (Å²) < 4.78 is 0. The summed E-state index contributed by atoms with van der Waals surface area (Å²) in [5.74, 6) is 4.70. The Morgan fingerprint density at radius 1 is 0.714 bits per heavy atom. The van der Waals surface area contributed by atoms with Crippen molar-refractivity contribution >= 4 is 0 Å². The highest BCUT2D eigenvalue weighted by Gasteiger charge is 2.26. The van der Waals surface area contributed by atoms with E-state index in [-0.39, 0.29) is 0 Å². The molecule has 84 valence electrons. The van der Waals surface area contributed by atoms with E-state index in [2.05, 4.69) is 34.6 Å². The van der Waals surface area contributed by atoms with E-state index >= 15 is 0 Å². The van der Waals surface area contributed by atoms with E-state index in [1.807, 2.05) is 0 Å². The monoisotopic (exact) mass is 196 g/mol. The van der Waals surface area contributed by atoms with E-state index in [1.165, 1.54) is 25.7 Å². The number of hydrogen-bond acceptors (Lipinski definition) is 0. The maximum atomic E-state index is 2.47. The van der Waals surface area contributed by atoms with Gasteiger partial charge in [0.15, 0.2) is 0 Å². The molecule has 1 rings (SSSR count). The average Bonchev–Trinajstić information content (AvgIpc) is 2.11. The Hall–Kier alpha value is 0. The third kappa shape index (κ3) is 3.00. The van der Waals surface area contributed by atoms with Crippen molar-refractivity contribution in [3.63, 3.8) is 0 Å². The Labute approximate surface area is 90.5 Å². The lowest BCUT2D eigenvalue weighted by Crippen LogP contribution is -2.24. The van der Waals surface area contributed by atoms with E-state index in [0.29, 0.717) is 0 Å². The Kier molecular flexibility index (Phi) is 4.47. The average molecular weight is 196 g/mol. The molecule has 0 bridgehead atoms. The Balaban J connectivity index is 2.56. The molecule has 0 heterocycles. The Morgan fingerprint density at radius 3 is 1.64 bits per heavy atom. The molecule has 0 radical (unpaired) electrons. The fraction of sp³-hybridized carbons (Fsp3) is 1.00. The molecule has 4 unspecified atom stereocenters. The van der Waals surface area contributed by atoms with Gasteiger partial charge < -0.3 is 0 Å². The molecule has 0 saturated heterocycles. The van der Waals surface area contributed by atoms with Crippen molar-refractivity contribution in [3.8, 4) is 0 Å². The van der Waals surface area contributed by atoms with Crippen molar-refractivity contribution in [1.82, 2.24) is 0 Å². The lowest BCUT2D eigenvalue weighted by atomic mass is 9.72. The van der Waals surface area contributed by atoms with Crippen LogP contribution in [0.3, 0.4) is 0 Å². The van der Waals surface area contributed by atoms with Crippen LogP contribution in [0.4, 0.5) is 0 Å². The third-order valence-electron chi connectivity index (χ3n) is 4.59. The zero-order valence-electron chi connectivity index (χ0n) is 10.7. The molecular weight excluding hydrogens is 168 g/mol. The fourth-order valence-electron chi connectivity index (χ4n) is 3.04. The Bertz CT molecular complexity index is 159. The van der Waals surface area contributed by atoms with Gasteiger partial charge >= 0.3 is 0 Å². The maximum absolute atomic E-state index is 2.47. The van der Waals surface area contributed by atoms with Crippen LogP contribution >= 0.6 is 0 Å². The van der Waals surface area contributed by atoms with Crippen molar-refractivity contribution in [2.24, 2.45) is 29.6 Å². The lowest BCUT2D eigenvalue weighted by Gasteiger charge is -2.34. The second-order valence-electron chi connectivity index (χ2n) is 5.99. The first-order valence-electron chi connectivity index (χ1n) is 6.52. The van der Waals surface area contributed by atoms with Gasteiger partial charge in [0.05, 0.1) is 0 Å². The third-order valence-corrected chi connectivity index (χ3v) is 4.59. The van der Waals surface area contributed by atoms with Crippen molar-refractivity contribution in [2.75, 3.05) is 0 Å². The zero-order valence-corrected chi connectivity index (χ0v) is 10.7. The van der Waals surface area contributed by atoms with Crippen LogP contribution in [-0.4, -0.2) is 0 Å². The summed E-state index contributed by atoms with van der Waals surface area (Å²) >= 11 is 0. The predicted octanol–water partition coefficient (Wildman–Crippen LogP) is 4.74. The first kappa shape index (κ1) is 12.1. The van der Waals surface area contributed by atoms with Crippen LogP contribution in [0.2, 0.25) is 0 Å². The highest BCUT2D eigenvalue weighted by molar-refractivity contribution is 4.76. The largest absolute Gasteiger partial charge is 0.0625 e. The minimum absolute atomic E-state index is 0.880. The van der Waals surface area contributed by atoms with E-state index in [4.69, 9.17) is 0 Å². The van der Waals surface area contributed by atoms with Gasteiger partial charge in [-0.2, -0.15) is 0 Å². The van der Waals surface area contributed by atoms with Crippen molar-refractivity contribution in [1.29, 1.82) is 0 Å². The molecule has 0 amide bonds. The molecule has 1 fully saturated rings. The molecule has 0 aromatic rings. The molecule has 0 spiro atoms.